The predicted molar refractivity (Wildman–Crippen MR) is 121 cm³/mol. The average Bonchev–Trinajstić information content (AvgIpc) is 3.23. The van der Waals surface area contributed by atoms with Crippen LogP contribution in [0, 0.1) is 15.9 Å². The van der Waals surface area contributed by atoms with E-state index in [-0.39, 0.29) is 18.1 Å². The summed E-state index contributed by atoms with van der Waals surface area (Å²) in [5.74, 6) is -0.146. The number of hydrogen-bond acceptors (Lipinski definition) is 6. The Balaban J connectivity index is 1.34. The quantitative estimate of drug-likeness (QED) is 0.236. The number of halogens is 1. The number of nitrogens with zero attached hydrogens (tertiary/aromatic N) is 2. The number of benzene rings is 3. The molecule has 0 spiro atoms. The second-order valence-corrected chi connectivity index (χ2v) is 7.82. The molecule has 0 atom stereocenters. The van der Waals surface area contributed by atoms with Crippen LogP contribution in [0.2, 0.25) is 0 Å². The van der Waals surface area contributed by atoms with E-state index in [1.165, 1.54) is 35.8 Å². The lowest BCUT2D eigenvalue weighted by molar-refractivity contribution is -0.384. The van der Waals surface area contributed by atoms with Gasteiger partial charge in [0.1, 0.15) is 18.2 Å². The first kappa shape index (κ1) is 21.1. The highest BCUT2D eigenvalue weighted by Gasteiger charge is 2.13. The third-order valence-electron chi connectivity index (χ3n) is 4.55. The number of nitrogens with one attached hydrogen (secondary N) is 1. The molecule has 0 radical (unpaired) electrons. The predicted octanol–water partition coefficient (Wildman–Crippen LogP) is 5.29. The summed E-state index contributed by atoms with van der Waals surface area (Å²) >= 11 is 1.23. The smallest absolute Gasteiger partial charge is 0.281 e. The minimum absolute atomic E-state index is 0.0263. The number of hydrazone groups is 1. The van der Waals surface area contributed by atoms with E-state index in [9.17, 15) is 19.3 Å². The fraction of sp³-hybridized carbons (Fsp3) is 0.0435. The van der Waals surface area contributed by atoms with E-state index in [0.717, 1.165) is 10.3 Å². The van der Waals surface area contributed by atoms with Crippen LogP contribution in [0.1, 0.15) is 20.8 Å². The van der Waals surface area contributed by atoms with Crippen molar-refractivity contribution in [2.24, 2.45) is 5.10 Å². The number of amides is 1. The van der Waals surface area contributed by atoms with Crippen LogP contribution in [-0.4, -0.2) is 17.0 Å². The van der Waals surface area contributed by atoms with Crippen LogP contribution in [0.3, 0.4) is 0 Å². The van der Waals surface area contributed by atoms with Gasteiger partial charge in [-0.3, -0.25) is 14.9 Å². The largest absolute Gasteiger partial charge is 0.489 e. The maximum atomic E-state index is 13.6. The third-order valence-corrected chi connectivity index (χ3v) is 5.66. The first-order valence-electron chi connectivity index (χ1n) is 9.47. The summed E-state index contributed by atoms with van der Waals surface area (Å²) in [6.07, 6.45) is 1.48. The first-order chi connectivity index (χ1) is 15.5. The lowest BCUT2D eigenvalue weighted by Gasteiger charge is -2.07. The highest BCUT2D eigenvalue weighted by Crippen LogP contribution is 2.28. The molecule has 0 aliphatic carbocycles. The standard InChI is InChI=1S/C23H16FN3O4S/c24-20-4-2-1-3-16(20)14-31-19-8-5-15(6-9-19)13-25-26-23(28)22-12-17-11-18(27(29)30)7-10-21(17)32-22/h1-13H,14H2,(H,26,28). The van der Waals surface area contributed by atoms with E-state index in [4.69, 9.17) is 4.74 Å². The van der Waals surface area contributed by atoms with Crippen molar-refractivity contribution in [3.05, 3.63) is 105 Å². The molecular weight excluding hydrogens is 433 g/mol. The molecule has 0 fully saturated rings. The zero-order valence-electron chi connectivity index (χ0n) is 16.5. The molecule has 4 rings (SSSR count). The van der Waals surface area contributed by atoms with Crippen LogP contribution in [0.25, 0.3) is 10.1 Å². The second kappa shape index (κ2) is 9.36. The van der Waals surface area contributed by atoms with Crippen LogP contribution in [-0.2, 0) is 6.61 Å². The molecule has 160 valence electrons. The fourth-order valence-corrected chi connectivity index (χ4v) is 3.84. The highest BCUT2D eigenvalue weighted by atomic mass is 32.1. The summed E-state index contributed by atoms with van der Waals surface area (Å²) in [7, 11) is 0. The molecule has 7 nitrogen and oxygen atoms in total. The maximum absolute atomic E-state index is 13.6. The Labute approximate surface area is 185 Å². The van der Waals surface area contributed by atoms with Gasteiger partial charge in [-0.1, -0.05) is 18.2 Å². The third kappa shape index (κ3) is 4.96. The summed E-state index contributed by atoms with van der Waals surface area (Å²) in [5.41, 5.74) is 3.62. The Morgan fingerprint density at radius 1 is 1.12 bits per heavy atom. The SMILES string of the molecule is O=C(NN=Cc1ccc(OCc2ccccc2F)cc1)c1cc2cc([N+](=O)[O-])ccc2s1. The Morgan fingerprint density at radius 2 is 1.91 bits per heavy atom. The molecule has 3 aromatic carbocycles. The van der Waals surface area contributed by atoms with Crippen molar-refractivity contribution >= 4 is 39.2 Å². The number of non-ortho nitro benzene ring substituents is 1. The number of ether oxygens (including phenoxy) is 1. The van der Waals surface area contributed by atoms with Crippen LogP contribution in [0.4, 0.5) is 10.1 Å². The van der Waals surface area contributed by atoms with Gasteiger partial charge in [0.25, 0.3) is 11.6 Å². The van der Waals surface area contributed by atoms with E-state index in [1.807, 2.05) is 0 Å². The number of nitro groups is 1. The van der Waals surface area contributed by atoms with E-state index < -0.39 is 10.8 Å². The number of thiophene rings is 1. The van der Waals surface area contributed by atoms with Crippen LogP contribution in [0.15, 0.2) is 77.9 Å². The summed E-state index contributed by atoms with van der Waals surface area (Å²) in [6.45, 7) is 0.120. The molecule has 1 aromatic heterocycles. The molecule has 0 saturated heterocycles. The van der Waals surface area contributed by atoms with Crippen molar-refractivity contribution in [3.63, 3.8) is 0 Å². The van der Waals surface area contributed by atoms with E-state index in [1.54, 1.807) is 54.6 Å². The van der Waals surface area contributed by atoms with Crippen molar-refractivity contribution in [1.82, 2.24) is 5.43 Å². The number of nitro benzene ring substituents is 1. The zero-order valence-corrected chi connectivity index (χ0v) is 17.3. The van der Waals surface area contributed by atoms with Gasteiger partial charge < -0.3 is 4.74 Å². The number of hydrogen-bond donors (Lipinski definition) is 1. The molecule has 0 saturated carbocycles. The minimum atomic E-state index is -0.475. The number of rotatable bonds is 7. The fourth-order valence-electron chi connectivity index (χ4n) is 2.90. The van der Waals surface area contributed by atoms with Gasteiger partial charge in [-0.05, 0) is 48.0 Å². The van der Waals surface area contributed by atoms with Crippen molar-refractivity contribution in [2.75, 3.05) is 0 Å². The Morgan fingerprint density at radius 3 is 2.66 bits per heavy atom. The van der Waals surface area contributed by atoms with Crippen molar-refractivity contribution in [1.29, 1.82) is 0 Å². The van der Waals surface area contributed by atoms with Crippen molar-refractivity contribution in [2.45, 2.75) is 6.61 Å². The van der Waals surface area contributed by atoms with Gasteiger partial charge in [0.15, 0.2) is 0 Å². The summed E-state index contributed by atoms with van der Waals surface area (Å²) in [5, 5.41) is 15.5. The molecular formula is C23H16FN3O4S. The van der Waals surface area contributed by atoms with Gasteiger partial charge in [0.2, 0.25) is 0 Å². The molecule has 9 heteroatoms. The molecule has 4 aromatic rings. The second-order valence-electron chi connectivity index (χ2n) is 6.74. The van der Waals surface area contributed by atoms with Gasteiger partial charge in [0, 0.05) is 27.8 Å². The lowest BCUT2D eigenvalue weighted by Crippen LogP contribution is -2.16. The average molecular weight is 449 g/mol. The maximum Gasteiger partial charge on any atom is 0.281 e. The number of fused-ring (bicyclic) bond motifs is 1. The van der Waals surface area contributed by atoms with E-state index in [0.29, 0.717) is 21.6 Å². The van der Waals surface area contributed by atoms with Gasteiger partial charge >= 0.3 is 0 Å². The first-order valence-corrected chi connectivity index (χ1v) is 10.3. The Bertz CT molecular complexity index is 1320. The molecule has 1 N–H and O–H groups in total. The molecule has 1 amide bonds. The minimum Gasteiger partial charge on any atom is -0.489 e. The molecule has 0 unspecified atom stereocenters. The summed E-state index contributed by atoms with van der Waals surface area (Å²) < 4.78 is 20.0. The van der Waals surface area contributed by atoms with Crippen molar-refractivity contribution in [3.8, 4) is 5.75 Å². The number of carbonyl (C=O) groups is 1. The molecule has 32 heavy (non-hydrogen) atoms. The van der Waals surface area contributed by atoms with Gasteiger partial charge in [0.05, 0.1) is 16.0 Å². The van der Waals surface area contributed by atoms with Gasteiger partial charge in [-0.15, -0.1) is 11.3 Å². The lowest BCUT2D eigenvalue weighted by atomic mass is 10.2. The monoisotopic (exact) mass is 449 g/mol. The molecule has 1 heterocycles. The van der Waals surface area contributed by atoms with Crippen LogP contribution in [0.5, 0.6) is 5.75 Å². The van der Waals surface area contributed by atoms with Crippen LogP contribution >= 0.6 is 11.3 Å². The Hall–Kier alpha value is -4.11. The summed E-state index contributed by atoms with van der Waals surface area (Å²) in [6, 6.07) is 19.4. The molecule has 0 aliphatic heterocycles. The van der Waals surface area contributed by atoms with Crippen LogP contribution < -0.4 is 10.2 Å². The highest BCUT2D eigenvalue weighted by molar-refractivity contribution is 7.20. The zero-order chi connectivity index (χ0) is 22.5. The Kier molecular flexibility index (Phi) is 6.18. The van der Waals surface area contributed by atoms with Gasteiger partial charge in [-0.25, -0.2) is 9.82 Å². The summed E-state index contributed by atoms with van der Waals surface area (Å²) in [4.78, 5) is 23.1. The van der Waals surface area contributed by atoms with Gasteiger partial charge in [-0.2, -0.15) is 5.10 Å². The molecule has 0 aliphatic rings. The molecule has 0 bridgehead atoms. The van der Waals surface area contributed by atoms with E-state index in [2.05, 4.69) is 10.5 Å². The van der Waals surface area contributed by atoms with E-state index >= 15 is 0 Å². The normalized spacial score (nSPS) is 11.0. The van der Waals surface area contributed by atoms with Crippen molar-refractivity contribution < 1.29 is 18.8 Å². The number of carbonyl (C=O) groups excluding carboxylic acids is 1. The topological polar surface area (TPSA) is 93.8 Å².